The Bertz CT molecular complexity index is 1300. The minimum atomic E-state index is -4.26. The van der Waals surface area contributed by atoms with E-state index < -0.39 is 18.0 Å². The highest BCUT2D eigenvalue weighted by Crippen LogP contribution is 2.40. The molecule has 0 spiro atoms. The Morgan fingerprint density at radius 3 is 2.34 bits per heavy atom. The third-order valence-electron chi connectivity index (χ3n) is 11.6. The van der Waals surface area contributed by atoms with Crippen LogP contribution >= 0.6 is 0 Å². The van der Waals surface area contributed by atoms with Gasteiger partial charge in [0.05, 0.1) is 17.2 Å². The minimum Gasteiger partial charge on any atom is -0.353 e. The molecule has 6 rings (SSSR count). The molecule has 13 heteroatoms. The number of fused-ring (bicyclic) bond motifs is 1. The highest BCUT2D eigenvalue weighted by atomic mass is 19.4. The molecule has 260 valence electrons. The molecule has 5 atom stereocenters. The van der Waals surface area contributed by atoms with E-state index in [1.807, 2.05) is 9.80 Å². The van der Waals surface area contributed by atoms with Crippen LogP contribution in [0, 0.1) is 23.7 Å². The van der Waals surface area contributed by atoms with Crippen molar-refractivity contribution in [2.75, 3.05) is 45.1 Å². The second-order valence-corrected chi connectivity index (χ2v) is 14.8. The summed E-state index contributed by atoms with van der Waals surface area (Å²) >= 11 is 0. The van der Waals surface area contributed by atoms with Crippen LogP contribution in [-0.4, -0.2) is 106 Å². The number of piperazine rings is 1. The number of carbonyl (C=O) groups excluding carboxylic acids is 3. The number of aromatic nitrogens is 2. The molecular weight excluding hydrogens is 611 g/mol. The van der Waals surface area contributed by atoms with E-state index in [-0.39, 0.29) is 60.5 Å². The van der Waals surface area contributed by atoms with Crippen molar-refractivity contribution >= 4 is 23.7 Å². The molecule has 0 bridgehead atoms. The topological polar surface area (TPSA) is 111 Å². The van der Waals surface area contributed by atoms with E-state index in [9.17, 15) is 27.6 Å². The summed E-state index contributed by atoms with van der Waals surface area (Å²) in [5, 5.41) is 6.51. The van der Waals surface area contributed by atoms with Gasteiger partial charge in [0.15, 0.2) is 0 Å². The molecule has 0 aromatic carbocycles. The minimum absolute atomic E-state index is 0.0774. The van der Waals surface area contributed by atoms with Crippen LogP contribution in [-0.2, 0) is 16.0 Å². The molecule has 2 N–H and O–H groups in total. The van der Waals surface area contributed by atoms with Crippen molar-refractivity contribution in [1.29, 1.82) is 0 Å². The van der Waals surface area contributed by atoms with Crippen LogP contribution in [0.3, 0.4) is 0 Å². The molecule has 10 nitrogen and oxygen atoms in total. The molecule has 3 amide bonds. The highest BCUT2D eigenvalue weighted by Gasteiger charge is 2.44. The van der Waals surface area contributed by atoms with Gasteiger partial charge in [0.2, 0.25) is 17.8 Å². The van der Waals surface area contributed by atoms with Gasteiger partial charge in [-0.25, -0.2) is 9.97 Å². The Labute approximate surface area is 275 Å². The molecule has 3 aliphatic carbocycles. The summed E-state index contributed by atoms with van der Waals surface area (Å²) in [6, 6.07) is -0.0620. The number of alkyl halides is 3. The first kappa shape index (κ1) is 33.9. The van der Waals surface area contributed by atoms with E-state index in [1.54, 1.807) is 6.20 Å². The Balaban J connectivity index is 1.01. The first-order chi connectivity index (χ1) is 22.5. The van der Waals surface area contributed by atoms with E-state index in [4.69, 9.17) is 4.98 Å². The second-order valence-electron chi connectivity index (χ2n) is 14.8. The predicted octanol–water partition coefficient (Wildman–Crippen LogP) is 4.26. The Morgan fingerprint density at radius 1 is 0.894 bits per heavy atom. The number of amides is 3. The maximum Gasteiger partial charge on any atom is 0.391 e. The SMILES string of the molecule is CC1CCC(NC(=O)C2CCCC(C(F)(F)F)C2)CC1N1CCc2nc(NC3CCC(C(=O)N4CCN(C)CC4)CC3)ncc2C1=O. The van der Waals surface area contributed by atoms with Crippen molar-refractivity contribution in [3.8, 4) is 0 Å². The lowest BCUT2D eigenvalue weighted by atomic mass is 9.79. The molecule has 1 saturated heterocycles. The summed E-state index contributed by atoms with van der Waals surface area (Å²) < 4.78 is 39.9. The molecule has 5 aliphatic rings. The summed E-state index contributed by atoms with van der Waals surface area (Å²) in [6.07, 6.45) is 4.41. The second kappa shape index (κ2) is 14.3. The van der Waals surface area contributed by atoms with Gasteiger partial charge in [-0.3, -0.25) is 14.4 Å². The zero-order valence-corrected chi connectivity index (χ0v) is 27.7. The fraction of sp³-hybridized carbons (Fsp3) is 0.794. The van der Waals surface area contributed by atoms with E-state index in [1.165, 1.54) is 0 Å². The summed E-state index contributed by atoms with van der Waals surface area (Å²) in [5.74, 6) is -1.30. The molecule has 1 aromatic heterocycles. The average molecular weight is 662 g/mol. The number of carbonyl (C=O) groups is 3. The third-order valence-corrected chi connectivity index (χ3v) is 11.6. The molecule has 3 heterocycles. The van der Waals surface area contributed by atoms with Gasteiger partial charge in [-0.2, -0.15) is 13.2 Å². The number of nitrogens with zero attached hydrogens (tertiary/aromatic N) is 5. The summed E-state index contributed by atoms with van der Waals surface area (Å²) in [6.45, 7) is 6.10. The van der Waals surface area contributed by atoms with Crippen molar-refractivity contribution in [2.45, 2.75) is 108 Å². The fourth-order valence-electron chi connectivity index (χ4n) is 8.52. The third kappa shape index (κ3) is 7.86. The summed E-state index contributed by atoms with van der Waals surface area (Å²) in [4.78, 5) is 55.2. The number of likely N-dealkylation sites (N-methyl/N-ethyl adjacent to an activating group) is 1. The van der Waals surface area contributed by atoms with E-state index in [2.05, 4.69) is 34.5 Å². The van der Waals surface area contributed by atoms with Crippen LogP contribution in [0.4, 0.5) is 19.1 Å². The average Bonchev–Trinajstić information content (AvgIpc) is 3.06. The molecule has 2 aliphatic heterocycles. The molecule has 4 fully saturated rings. The Morgan fingerprint density at radius 2 is 1.62 bits per heavy atom. The van der Waals surface area contributed by atoms with Gasteiger partial charge >= 0.3 is 6.18 Å². The van der Waals surface area contributed by atoms with E-state index in [0.717, 1.165) is 70.4 Å². The monoisotopic (exact) mass is 661 g/mol. The molecule has 1 aromatic rings. The van der Waals surface area contributed by atoms with Crippen LogP contribution in [0.15, 0.2) is 6.20 Å². The van der Waals surface area contributed by atoms with Crippen LogP contribution in [0.2, 0.25) is 0 Å². The number of rotatable bonds is 6. The predicted molar refractivity (Wildman–Crippen MR) is 170 cm³/mol. The Hall–Kier alpha value is -2.96. The number of hydrogen-bond acceptors (Lipinski definition) is 7. The van der Waals surface area contributed by atoms with Crippen LogP contribution in [0.5, 0.6) is 0 Å². The first-order valence-electron chi connectivity index (χ1n) is 17.7. The van der Waals surface area contributed by atoms with Gasteiger partial charge in [0.25, 0.3) is 5.91 Å². The van der Waals surface area contributed by atoms with Crippen LogP contribution < -0.4 is 10.6 Å². The van der Waals surface area contributed by atoms with Gasteiger partial charge in [-0.1, -0.05) is 13.3 Å². The fourth-order valence-corrected chi connectivity index (χ4v) is 8.52. The van der Waals surface area contributed by atoms with Crippen molar-refractivity contribution < 1.29 is 27.6 Å². The van der Waals surface area contributed by atoms with Gasteiger partial charge in [0, 0.05) is 75.3 Å². The largest absolute Gasteiger partial charge is 0.391 e. The van der Waals surface area contributed by atoms with Gasteiger partial charge < -0.3 is 25.3 Å². The number of hydrogen-bond donors (Lipinski definition) is 2. The zero-order chi connectivity index (χ0) is 33.3. The van der Waals surface area contributed by atoms with Crippen molar-refractivity contribution in [3.05, 3.63) is 17.5 Å². The number of halogens is 3. The van der Waals surface area contributed by atoms with Gasteiger partial charge in [-0.05, 0) is 77.2 Å². The first-order valence-corrected chi connectivity index (χ1v) is 17.7. The lowest BCUT2D eigenvalue weighted by molar-refractivity contribution is -0.186. The standard InChI is InChI=1S/C34H50F3N7O3/c1-21-6-9-26(39-30(45)23-4-3-5-24(18-23)34(35,36)37)19-29(21)44-13-12-28-27(32(44)47)20-38-33(41-28)40-25-10-7-22(8-11-25)31(46)43-16-14-42(2)15-17-43/h20-26,29H,3-19H2,1-2H3,(H,39,45)(H,38,40,41). The number of anilines is 1. The van der Waals surface area contributed by atoms with Crippen molar-refractivity contribution in [3.63, 3.8) is 0 Å². The quantitative estimate of drug-likeness (QED) is 0.469. The Kier molecular flexibility index (Phi) is 10.3. The van der Waals surface area contributed by atoms with Gasteiger partial charge in [0.1, 0.15) is 0 Å². The molecule has 0 radical (unpaired) electrons. The normalized spacial score (nSPS) is 32.4. The number of nitrogens with one attached hydrogen (secondary N) is 2. The zero-order valence-electron chi connectivity index (χ0n) is 27.7. The van der Waals surface area contributed by atoms with E-state index >= 15 is 0 Å². The van der Waals surface area contributed by atoms with Crippen molar-refractivity contribution in [2.24, 2.45) is 23.7 Å². The lowest BCUT2D eigenvalue weighted by Gasteiger charge is -2.43. The maximum atomic E-state index is 13.7. The van der Waals surface area contributed by atoms with Gasteiger partial charge in [-0.15, -0.1) is 0 Å². The lowest BCUT2D eigenvalue weighted by Crippen LogP contribution is -2.54. The molecule has 5 unspecified atom stereocenters. The smallest absolute Gasteiger partial charge is 0.353 e. The van der Waals surface area contributed by atoms with Crippen LogP contribution in [0.25, 0.3) is 0 Å². The molecular formula is C34H50F3N7O3. The van der Waals surface area contributed by atoms with E-state index in [0.29, 0.717) is 43.7 Å². The van der Waals surface area contributed by atoms with Crippen LogP contribution in [0.1, 0.15) is 93.6 Å². The summed E-state index contributed by atoms with van der Waals surface area (Å²) in [5.41, 5.74) is 1.23. The highest BCUT2D eigenvalue weighted by molar-refractivity contribution is 5.96. The summed E-state index contributed by atoms with van der Waals surface area (Å²) in [7, 11) is 2.09. The van der Waals surface area contributed by atoms with Crippen molar-refractivity contribution in [1.82, 2.24) is 30.0 Å². The maximum absolute atomic E-state index is 13.7. The molecule has 47 heavy (non-hydrogen) atoms. The molecule has 3 saturated carbocycles.